The summed E-state index contributed by atoms with van der Waals surface area (Å²) >= 11 is 0. The average Bonchev–Trinajstić information content (AvgIpc) is 2.06. The van der Waals surface area contributed by atoms with E-state index >= 15 is 0 Å². The van der Waals surface area contributed by atoms with E-state index in [4.69, 9.17) is 18.1 Å². The molecule has 0 saturated heterocycles. The van der Waals surface area contributed by atoms with Gasteiger partial charge in [0.15, 0.2) is 0 Å². The van der Waals surface area contributed by atoms with E-state index in [0.717, 1.165) is 27.4 Å². The van der Waals surface area contributed by atoms with E-state index in [1.54, 1.807) is 0 Å². The molecule has 82 valence electrons. The molecule has 0 fully saturated rings. The largest absolute Gasteiger partial charge is 0.449 e. The van der Waals surface area contributed by atoms with Crippen molar-refractivity contribution in [2.45, 2.75) is 32.7 Å². The second-order valence-corrected chi connectivity index (χ2v) is 10.1. The maximum atomic E-state index is 5.53. The van der Waals surface area contributed by atoms with Gasteiger partial charge in [-0.15, -0.1) is 0 Å². The van der Waals surface area contributed by atoms with Crippen LogP contribution < -0.4 is 5.73 Å². The number of hydrogen-bond donors (Lipinski definition) is 1. The molecule has 0 aliphatic rings. The van der Waals surface area contributed by atoms with Crippen molar-refractivity contribution in [3.05, 3.63) is 0 Å². The monoisotopic (exact) mass is 257 g/mol. The summed E-state index contributed by atoms with van der Waals surface area (Å²) in [7, 11) is 0.504. The van der Waals surface area contributed by atoms with Crippen LogP contribution in [0.25, 0.3) is 0 Å². The molecule has 0 aromatic heterocycles. The quantitative estimate of drug-likeness (QED) is 0.415. The Morgan fingerprint density at radius 2 is 1.54 bits per heavy atom. The van der Waals surface area contributed by atoms with Crippen LogP contribution in [-0.4, -0.2) is 46.5 Å². The molecule has 0 aromatic carbocycles. The van der Waals surface area contributed by atoms with Crippen molar-refractivity contribution in [3.63, 3.8) is 0 Å². The summed E-state index contributed by atoms with van der Waals surface area (Å²) in [6.07, 6.45) is 1.05. The number of rotatable bonds is 5. The Balaban J connectivity index is 0. The molecule has 0 saturated carbocycles. The lowest BCUT2D eigenvalue weighted by atomic mass is 10.1. The second kappa shape index (κ2) is 10.8. The van der Waals surface area contributed by atoms with Gasteiger partial charge in [-0.3, -0.25) is 0 Å². The molecule has 2 N–H and O–H groups in total. The van der Waals surface area contributed by atoms with Gasteiger partial charge in [-0.05, 0) is 20.3 Å². The SMILES string of the molecule is CCC(C)(C)N.[SiH3]O[SiH2]O[SiH2]O[SiH3]. The van der Waals surface area contributed by atoms with Gasteiger partial charge in [0.1, 0.15) is 21.0 Å². The van der Waals surface area contributed by atoms with Crippen molar-refractivity contribution >= 4 is 41.0 Å². The summed E-state index contributed by atoms with van der Waals surface area (Å²) in [6, 6.07) is 0. The van der Waals surface area contributed by atoms with Gasteiger partial charge in [0.05, 0.1) is 0 Å². The Labute approximate surface area is 92.1 Å². The van der Waals surface area contributed by atoms with Crippen molar-refractivity contribution < 1.29 is 12.3 Å². The molecule has 4 nitrogen and oxygen atoms in total. The molecule has 0 aliphatic carbocycles. The standard InChI is InChI=1S/C5H13N.H10O3Si4/c1-4-5(2,3)6;4-1-6-3-7-2-5/h4,6H2,1-3H3;6-7H2,4-5H3. The van der Waals surface area contributed by atoms with Crippen molar-refractivity contribution in [3.8, 4) is 0 Å². The van der Waals surface area contributed by atoms with Gasteiger partial charge in [0.2, 0.25) is 0 Å². The molecule has 0 rings (SSSR count). The van der Waals surface area contributed by atoms with Crippen LogP contribution in [0.3, 0.4) is 0 Å². The van der Waals surface area contributed by atoms with Gasteiger partial charge in [-0.1, -0.05) is 6.92 Å². The fourth-order valence-corrected chi connectivity index (χ4v) is 4.81. The first-order chi connectivity index (χ1) is 5.97. The van der Waals surface area contributed by atoms with Crippen molar-refractivity contribution in [2.24, 2.45) is 5.73 Å². The summed E-state index contributed by atoms with van der Waals surface area (Å²) in [4.78, 5) is 0. The molecule has 0 amide bonds. The highest BCUT2D eigenvalue weighted by Gasteiger charge is 2.03. The predicted octanol–water partition coefficient (Wildman–Crippen LogP) is -3.27. The molecule has 0 bridgehead atoms. The zero-order valence-electron chi connectivity index (χ0n) is 9.42. The van der Waals surface area contributed by atoms with Gasteiger partial charge < -0.3 is 18.1 Å². The zero-order valence-corrected chi connectivity index (χ0v) is 16.3. The minimum absolute atomic E-state index is 0.0417. The highest BCUT2D eigenvalue weighted by molar-refractivity contribution is 6.40. The van der Waals surface area contributed by atoms with Crippen molar-refractivity contribution in [2.75, 3.05) is 0 Å². The number of nitrogens with two attached hydrogens (primary N) is 1. The van der Waals surface area contributed by atoms with E-state index in [0.29, 0.717) is 0 Å². The lowest BCUT2D eigenvalue weighted by molar-refractivity contribution is 0.443. The fourth-order valence-electron chi connectivity index (χ4n) is 0.201. The van der Waals surface area contributed by atoms with Crippen LogP contribution in [0.1, 0.15) is 27.2 Å². The van der Waals surface area contributed by atoms with Crippen LogP contribution in [0.5, 0.6) is 0 Å². The minimum Gasteiger partial charge on any atom is -0.449 e. The second-order valence-electron chi connectivity index (χ2n) is 3.36. The van der Waals surface area contributed by atoms with Crippen LogP contribution >= 0.6 is 0 Å². The van der Waals surface area contributed by atoms with Gasteiger partial charge in [0.25, 0.3) is 20.0 Å². The first kappa shape index (κ1) is 16.1. The molecule has 0 aromatic rings. The normalized spacial score (nSPS) is 12.9. The van der Waals surface area contributed by atoms with E-state index in [9.17, 15) is 0 Å². The smallest absolute Gasteiger partial charge is 0.284 e. The van der Waals surface area contributed by atoms with Crippen LogP contribution in [0.2, 0.25) is 0 Å². The Morgan fingerprint density at radius 1 is 1.23 bits per heavy atom. The first-order valence-electron chi connectivity index (χ1n) is 4.32. The average molecular weight is 258 g/mol. The maximum absolute atomic E-state index is 5.53. The molecule has 8 heteroatoms. The van der Waals surface area contributed by atoms with Crippen LogP contribution in [0.4, 0.5) is 0 Å². The summed E-state index contributed by atoms with van der Waals surface area (Å²) in [5.41, 5.74) is 5.58. The van der Waals surface area contributed by atoms with Crippen LogP contribution in [0, 0.1) is 0 Å². The number of hydrogen-bond acceptors (Lipinski definition) is 4. The molecular formula is C5H23NO3Si4. The van der Waals surface area contributed by atoms with Crippen molar-refractivity contribution in [1.82, 2.24) is 0 Å². The van der Waals surface area contributed by atoms with Gasteiger partial charge in [-0.2, -0.15) is 0 Å². The van der Waals surface area contributed by atoms with Crippen LogP contribution in [-0.2, 0) is 12.3 Å². The van der Waals surface area contributed by atoms with Crippen molar-refractivity contribution in [1.29, 1.82) is 0 Å². The van der Waals surface area contributed by atoms with E-state index in [2.05, 4.69) is 6.92 Å². The maximum Gasteiger partial charge on any atom is 0.284 e. The molecule has 13 heavy (non-hydrogen) atoms. The molecule has 0 spiro atoms. The Morgan fingerprint density at radius 3 is 1.69 bits per heavy atom. The summed E-state index contributed by atoms with van der Waals surface area (Å²) < 4.78 is 14.8. The summed E-state index contributed by atoms with van der Waals surface area (Å²) in [5.74, 6) is 0. The molecule has 0 unspecified atom stereocenters. The molecular weight excluding hydrogens is 234 g/mol. The minimum atomic E-state index is -0.569. The zero-order chi connectivity index (χ0) is 10.7. The Kier molecular flexibility index (Phi) is 13.4. The van der Waals surface area contributed by atoms with E-state index in [-0.39, 0.29) is 5.54 Å². The van der Waals surface area contributed by atoms with Gasteiger partial charge >= 0.3 is 0 Å². The fraction of sp³-hybridized carbons (Fsp3) is 1.00. The molecule has 0 aliphatic heterocycles. The van der Waals surface area contributed by atoms with E-state index < -0.39 is 20.0 Å². The first-order valence-corrected chi connectivity index (χ1v) is 8.26. The van der Waals surface area contributed by atoms with E-state index in [1.165, 1.54) is 0 Å². The van der Waals surface area contributed by atoms with E-state index in [1.807, 2.05) is 13.8 Å². The molecule has 0 heterocycles. The Hall–Kier alpha value is 0.708. The topological polar surface area (TPSA) is 53.7 Å². The Bertz CT molecular complexity index is 96.3. The van der Waals surface area contributed by atoms with Crippen LogP contribution in [0.15, 0.2) is 0 Å². The third kappa shape index (κ3) is 24.5. The van der Waals surface area contributed by atoms with Gasteiger partial charge in [-0.25, -0.2) is 0 Å². The molecule has 0 atom stereocenters. The lowest BCUT2D eigenvalue weighted by Gasteiger charge is -2.13. The lowest BCUT2D eigenvalue weighted by Crippen LogP contribution is -2.30. The summed E-state index contributed by atoms with van der Waals surface area (Å²) in [6.45, 7) is 6.12. The third-order valence-corrected chi connectivity index (χ3v) is 4.53. The predicted molar refractivity (Wildman–Crippen MR) is 68.8 cm³/mol. The van der Waals surface area contributed by atoms with Gasteiger partial charge in [0, 0.05) is 5.54 Å². The third-order valence-electron chi connectivity index (χ3n) is 1.31. The molecule has 0 radical (unpaired) electrons. The highest BCUT2D eigenvalue weighted by Crippen LogP contribution is 1.99. The highest BCUT2D eigenvalue weighted by atomic mass is 28.4. The summed E-state index contributed by atoms with van der Waals surface area (Å²) in [5, 5.41) is 0.